The molecule has 1 aromatic heterocycles. The topological polar surface area (TPSA) is 38.0 Å². The molecule has 0 aliphatic carbocycles. The van der Waals surface area contributed by atoms with Crippen LogP contribution in [0, 0.1) is 11.6 Å². The van der Waals surface area contributed by atoms with E-state index in [0.29, 0.717) is 5.56 Å². The second-order valence-corrected chi connectivity index (χ2v) is 5.01. The van der Waals surface area contributed by atoms with Gasteiger partial charge in [0.15, 0.2) is 11.6 Å². The Morgan fingerprint density at radius 2 is 1.77 bits per heavy atom. The first kappa shape index (κ1) is 14.4. The van der Waals surface area contributed by atoms with Gasteiger partial charge >= 0.3 is 0 Å². The summed E-state index contributed by atoms with van der Waals surface area (Å²) in [7, 11) is 0. The number of hydrogen-bond donors (Lipinski definition) is 1. The lowest BCUT2D eigenvalue weighted by Crippen LogP contribution is -2.09. The lowest BCUT2D eigenvalue weighted by atomic mass is 10.1. The lowest BCUT2D eigenvalue weighted by molar-refractivity contribution is 0.151. The van der Waals surface area contributed by atoms with E-state index in [2.05, 4.69) is 5.10 Å². The van der Waals surface area contributed by atoms with Crippen molar-refractivity contribution in [1.82, 2.24) is 9.78 Å². The molecule has 112 valence electrons. The Balaban J connectivity index is 1.76. The maximum absolute atomic E-state index is 13.2. The van der Waals surface area contributed by atoms with Gasteiger partial charge in [-0.25, -0.2) is 8.78 Å². The van der Waals surface area contributed by atoms with Gasteiger partial charge in [0, 0.05) is 11.8 Å². The summed E-state index contributed by atoms with van der Waals surface area (Å²) in [5.74, 6) is -1.90. The lowest BCUT2D eigenvalue weighted by Gasteiger charge is -2.11. The highest BCUT2D eigenvalue weighted by Gasteiger charge is 2.12. The summed E-state index contributed by atoms with van der Waals surface area (Å²) in [6.45, 7) is 0.165. The first-order valence-electron chi connectivity index (χ1n) is 6.84. The van der Waals surface area contributed by atoms with Crippen LogP contribution in [-0.2, 0) is 6.54 Å². The first-order chi connectivity index (χ1) is 10.6. The van der Waals surface area contributed by atoms with E-state index in [1.807, 2.05) is 30.3 Å². The monoisotopic (exact) mass is 300 g/mol. The van der Waals surface area contributed by atoms with Crippen molar-refractivity contribution in [2.45, 2.75) is 12.6 Å². The van der Waals surface area contributed by atoms with Gasteiger partial charge in [0.2, 0.25) is 0 Å². The minimum atomic E-state index is -0.970. The van der Waals surface area contributed by atoms with Gasteiger partial charge in [-0.15, -0.1) is 0 Å². The fourth-order valence-electron chi connectivity index (χ4n) is 2.25. The molecule has 1 atom stereocenters. The van der Waals surface area contributed by atoms with Crippen LogP contribution in [0.1, 0.15) is 11.7 Å². The quantitative estimate of drug-likeness (QED) is 0.800. The van der Waals surface area contributed by atoms with Crippen LogP contribution in [0.4, 0.5) is 8.78 Å². The van der Waals surface area contributed by atoms with Crippen LogP contribution < -0.4 is 0 Å². The molecule has 0 bridgehead atoms. The Morgan fingerprint density at radius 3 is 2.50 bits per heavy atom. The van der Waals surface area contributed by atoms with Gasteiger partial charge in [-0.2, -0.15) is 5.10 Å². The standard InChI is InChI=1S/C17H14F2N2O/c18-15-7-6-13(8-16(15)19)17(22)11-21-10-14(9-20-21)12-4-2-1-3-5-12/h1-10,17,22H,11H2. The number of aliphatic hydroxyl groups excluding tert-OH is 1. The third kappa shape index (κ3) is 3.04. The highest BCUT2D eigenvalue weighted by atomic mass is 19.2. The molecule has 0 aliphatic heterocycles. The van der Waals surface area contributed by atoms with Crippen molar-refractivity contribution >= 4 is 0 Å². The van der Waals surface area contributed by atoms with E-state index >= 15 is 0 Å². The number of nitrogens with zero attached hydrogens (tertiary/aromatic N) is 2. The zero-order valence-electron chi connectivity index (χ0n) is 11.7. The SMILES string of the molecule is OC(Cn1cc(-c2ccccc2)cn1)c1ccc(F)c(F)c1. The van der Waals surface area contributed by atoms with Crippen molar-refractivity contribution < 1.29 is 13.9 Å². The summed E-state index contributed by atoms with van der Waals surface area (Å²) in [6, 6.07) is 13.1. The number of aromatic nitrogens is 2. The van der Waals surface area contributed by atoms with E-state index < -0.39 is 17.7 Å². The van der Waals surface area contributed by atoms with Crippen molar-refractivity contribution in [3.05, 3.63) is 78.1 Å². The number of hydrogen-bond acceptors (Lipinski definition) is 2. The van der Waals surface area contributed by atoms with Crippen molar-refractivity contribution in [2.24, 2.45) is 0 Å². The van der Waals surface area contributed by atoms with Crippen LogP contribution >= 0.6 is 0 Å². The normalized spacial score (nSPS) is 12.3. The maximum atomic E-state index is 13.2. The van der Waals surface area contributed by atoms with Gasteiger partial charge < -0.3 is 5.11 Å². The summed E-state index contributed by atoms with van der Waals surface area (Å²) >= 11 is 0. The van der Waals surface area contributed by atoms with Crippen molar-refractivity contribution in [2.75, 3.05) is 0 Å². The number of halogens is 2. The van der Waals surface area contributed by atoms with Crippen LogP contribution in [0.25, 0.3) is 11.1 Å². The second-order valence-electron chi connectivity index (χ2n) is 5.01. The third-order valence-corrected chi connectivity index (χ3v) is 3.43. The van der Waals surface area contributed by atoms with E-state index in [-0.39, 0.29) is 6.54 Å². The van der Waals surface area contributed by atoms with Crippen LogP contribution in [-0.4, -0.2) is 14.9 Å². The van der Waals surface area contributed by atoms with Gasteiger partial charge in [-0.3, -0.25) is 4.68 Å². The Labute approximate surface area is 126 Å². The molecule has 2 aromatic carbocycles. The van der Waals surface area contributed by atoms with Gasteiger partial charge in [0.25, 0.3) is 0 Å². The minimum absolute atomic E-state index is 0.165. The number of rotatable bonds is 4. The third-order valence-electron chi connectivity index (χ3n) is 3.43. The van der Waals surface area contributed by atoms with Gasteiger partial charge in [0.05, 0.1) is 18.8 Å². The number of benzene rings is 2. The van der Waals surface area contributed by atoms with E-state index in [1.165, 1.54) is 6.07 Å². The van der Waals surface area contributed by atoms with Crippen LogP contribution in [0.5, 0.6) is 0 Å². The summed E-state index contributed by atoms with van der Waals surface area (Å²) < 4.78 is 27.7. The van der Waals surface area contributed by atoms with E-state index in [1.54, 1.807) is 17.1 Å². The molecule has 3 nitrogen and oxygen atoms in total. The molecule has 3 rings (SSSR count). The van der Waals surface area contributed by atoms with Gasteiger partial charge in [-0.05, 0) is 23.3 Å². The molecule has 1 N–H and O–H groups in total. The fourth-order valence-corrected chi connectivity index (χ4v) is 2.25. The predicted octanol–water partition coefficient (Wildman–Crippen LogP) is 3.56. The van der Waals surface area contributed by atoms with Crippen LogP contribution in [0.2, 0.25) is 0 Å². The zero-order chi connectivity index (χ0) is 15.5. The van der Waals surface area contributed by atoms with Gasteiger partial charge in [-0.1, -0.05) is 36.4 Å². The second kappa shape index (κ2) is 6.07. The molecule has 3 aromatic rings. The minimum Gasteiger partial charge on any atom is -0.386 e. The molecule has 0 aliphatic rings. The maximum Gasteiger partial charge on any atom is 0.159 e. The van der Waals surface area contributed by atoms with E-state index in [9.17, 15) is 13.9 Å². The average Bonchev–Trinajstić information content (AvgIpc) is 2.99. The van der Waals surface area contributed by atoms with Crippen LogP contribution in [0.3, 0.4) is 0 Å². The molecular formula is C17H14F2N2O. The molecule has 0 radical (unpaired) electrons. The average molecular weight is 300 g/mol. The van der Waals surface area contributed by atoms with Crippen molar-refractivity contribution in [3.8, 4) is 11.1 Å². The molecule has 5 heteroatoms. The smallest absolute Gasteiger partial charge is 0.159 e. The Kier molecular flexibility index (Phi) is 3.98. The van der Waals surface area contributed by atoms with Gasteiger partial charge in [0.1, 0.15) is 0 Å². The van der Waals surface area contributed by atoms with E-state index in [4.69, 9.17) is 0 Å². The molecule has 0 amide bonds. The Hall–Kier alpha value is -2.53. The molecule has 0 fully saturated rings. The zero-order valence-corrected chi connectivity index (χ0v) is 11.7. The molecule has 22 heavy (non-hydrogen) atoms. The van der Waals surface area contributed by atoms with Crippen molar-refractivity contribution in [1.29, 1.82) is 0 Å². The highest BCUT2D eigenvalue weighted by molar-refractivity contribution is 5.61. The largest absolute Gasteiger partial charge is 0.386 e. The predicted molar refractivity (Wildman–Crippen MR) is 79.0 cm³/mol. The van der Waals surface area contributed by atoms with Crippen molar-refractivity contribution in [3.63, 3.8) is 0 Å². The molecular weight excluding hydrogens is 286 g/mol. The highest BCUT2D eigenvalue weighted by Crippen LogP contribution is 2.21. The summed E-state index contributed by atoms with van der Waals surface area (Å²) in [5.41, 5.74) is 2.27. The molecule has 0 saturated carbocycles. The number of aliphatic hydroxyl groups is 1. The molecule has 1 heterocycles. The molecule has 0 spiro atoms. The molecule has 0 saturated heterocycles. The Morgan fingerprint density at radius 1 is 1.00 bits per heavy atom. The van der Waals surface area contributed by atoms with Crippen LogP contribution in [0.15, 0.2) is 60.9 Å². The Bertz CT molecular complexity index is 771. The summed E-state index contributed by atoms with van der Waals surface area (Å²) in [4.78, 5) is 0. The fraction of sp³-hybridized carbons (Fsp3) is 0.118. The summed E-state index contributed by atoms with van der Waals surface area (Å²) in [6.07, 6.45) is 2.55. The summed E-state index contributed by atoms with van der Waals surface area (Å²) in [5, 5.41) is 14.3. The molecule has 1 unspecified atom stereocenters. The van der Waals surface area contributed by atoms with E-state index in [0.717, 1.165) is 23.3 Å². The first-order valence-corrected chi connectivity index (χ1v) is 6.84.